The molecule has 0 heterocycles. The third kappa shape index (κ3) is 3.00. The lowest BCUT2D eigenvalue weighted by atomic mass is 10.2. The molecule has 0 unspecified atom stereocenters. The van der Waals surface area contributed by atoms with Crippen molar-refractivity contribution in [2.24, 2.45) is 5.73 Å². The van der Waals surface area contributed by atoms with E-state index < -0.39 is 11.6 Å². The van der Waals surface area contributed by atoms with E-state index in [0.717, 1.165) is 6.07 Å². The van der Waals surface area contributed by atoms with Gasteiger partial charge in [-0.25, -0.2) is 8.78 Å². The summed E-state index contributed by atoms with van der Waals surface area (Å²) in [5.41, 5.74) is 5.74. The molecule has 0 aliphatic heterocycles. The van der Waals surface area contributed by atoms with Crippen LogP contribution in [-0.2, 0) is 0 Å². The number of nitrogens with two attached hydrogens (primary N) is 1. The zero-order valence-electron chi connectivity index (χ0n) is 9.58. The van der Waals surface area contributed by atoms with Gasteiger partial charge in [0.05, 0.1) is 5.02 Å². The van der Waals surface area contributed by atoms with Gasteiger partial charge in [0, 0.05) is 11.6 Å². The van der Waals surface area contributed by atoms with Gasteiger partial charge in [0.15, 0.2) is 11.6 Å². The van der Waals surface area contributed by atoms with Crippen molar-refractivity contribution in [3.8, 4) is 11.5 Å². The summed E-state index contributed by atoms with van der Waals surface area (Å²) >= 11 is 5.93. The molecular weight excluding hydrogens is 274 g/mol. The van der Waals surface area contributed by atoms with Gasteiger partial charge in [0.1, 0.15) is 17.4 Å². The second kappa shape index (κ2) is 5.24. The number of amidine groups is 1. The zero-order chi connectivity index (χ0) is 14.0. The van der Waals surface area contributed by atoms with Crippen LogP contribution in [0.5, 0.6) is 11.5 Å². The average molecular weight is 283 g/mol. The highest BCUT2D eigenvalue weighted by atomic mass is 35.5. The van der Waals surface area contributed by atoms with E-state index in [4.69, 9.17) is 27.5 Å². The molecule has 0 bridgehead atoms. The number of rotatable bonds is 3. The summed E-state index contributed by atoms with van der Waals surface area (Å²) in [7, 11) is 0. The summed E-state index contributed by atoms with van der Waals surface area (Å²) in [6, 6.07) is 7.37. The fourth-order valence-electron chi connectivity index (χ4n) is 1.43. The van der Waals surface area contributed by atoms with Gasteiger partial charge in [-0.15, -0.1) is 0 Å². The Kier molecular flexibility index (Phi) is 3.66. The quantitative estimate of drug-likeness (QED) is 0.666. The highest BCUT2D eigenvalue weighted by molar-refractivity contribution is 6.32. The first-order valence-corrected chi connectivity index (χ1v) is 5.62. The molecule has 0 spiro atoms. The van der Waals surface area contributed by atoms with Gasteiger partial charge < -0.3 is 10.5 Å². The van der Waals surface area contributed by atoms with Crippen LogP contribution in [0.3, 0.4) is 0 Å². The molecule has 2 aromatic carbocycles. The largest absolute Gasteiger partial charge is 0.453 e. The fraction of sp³-hybridized carbons (Fsp3) is 0. The highest BCUT2D eigenvalue weighted by Crippen LogP contribution is 2.31. The number of benzene rings is 2. The average Bonchev–Trinajstić information content (AvgIpc) is 2.34. The molecule has 3 nitrogen and oxygen atoms in total. The molecule has 0 radical (unpaired) electrons. The van der Waals surface area contributed by atoms with E-state index in [0.29, 0.717) is 11.6 Å². The Bertz CT molecular complexity index is 647. The van der Waals surface area contributed by atoms with E-state index >= 15 is 0 Å². The van der Waals surface area contributed by atoms with Gasteiger partial charge in [-0.2, -0.15) is 0 Å². The monoisotopic (exact) mass is 282 g/mol. The molecule has 2 rings (SSSR count). The number of nitrogens with one attached hydrogen (secondary N) is 1. The minimum Gasteiger partial charge on any atom is -0.453 e. The third-order valence-corrected chi connectivity index (χ3v) is 2.65. The summed E-state index contributed by atoms with van der Waals surface area (Å²) in [6.45, 7) is 0. The van der Waals surface area contributed by atoms with Crippen LogP contribution in [0.25, 0.3) is 0 Å². The maximum Gasteiger partial charge on any atom is 0.168 e. The Morgan fingerprint density at radius 3 is 2.37 bits per heavy atom. The first kappa shape index (κ1) is 13.3. The number of ether oxygens (including phenoxy) is 1. The van der Waals surface area contributed by atoms with Crippen molar-refractivity contribution >= 4 is 17.4 Å². The Labute approximate surface area is 113 Å². The van der Waals surface area contributed by atoms with Crippen LogP contribution in [0.2, 0.25) is 5.02 Å². The van der Waals surface area contributed by atoms with Crippen molar-refractivity contribution in [3.63, 3.8) is 0 Å². The van der Waals surface area contributed by atoms with Crippen molar-refractivity contribution in [1.82, 2.24) is 0 Å². The molecule has 0 fully saturated rings. The van der Waals surface area contributed by atoms with Crippen LogP contribution in [0.15, 0.2) is 36.4 Å². The summed E-state index contributed by atoms with van der Waals surface area (Å²) in [4.78, 5) is 0. The van der Waals surface area contributed by atoms with Crippen LogP contribution in [0.1, 0.15) is 5.56 Å². The van der Waals surface area contributed by atoms with E-state index in [1.165, 1.54) is 24.3 Å². The minimum atomic E-state index is -0.827. The summed E-state index contributed by atoms with van der Waals surface area (Å²) in [5.74, 6) is -1.60. The molecule has 6 heteroatoms. The predicted octanol–water partition coefficient (Wildman–Crippen LogP) is 3.69. The topological polar surface area (TPSA) is 59.1 Å². The molecule has 0 saturated carbocycles. The van der Waals surface area contributed by atoms with E-state index in [9.17, 15) is 8.78 Å². The van der Waals surface area contributed by atoms with Gasteiger partial charge >= 0.3 is 0 Å². The normalized spacial score (nSPS) is 10.3. The van der Waals surface area contributed by atoms with E-state index in [2.05, 4.69) is 0 Å². The standard InChI is InChI=1S/C13H9ClF2N2O/c14-9-5-7(13(17)18)1-3-11(9)19-12-4-2-8(15)6-10(12)16/h1-6H,(H3,17,18). The van der Waals surface area contributed by atoms with Gasteiger partial charge in [0.2, 0.25) is 0 Å². The smallest absolute Gasteiger partial charge is 0.168 e. The van der Waals surface area contributed by atoms with Gasteiger partial charge in [-0.3, -0.25) is 5.41 Å². The Morgan fingerprint density at radius 2 is 1.79 bits per heavy atom. The summed E-state index contributed by atoms with van der Waals surface area (Å²) in [5, 5.41) is 7.44. The first-order chi connectivity index (χ1) is 8.97. The predicted molar refractivity (Wildman–Crippen MR) is 68.9 cm³/mol. The van der Waals surface area contributed by atoms with Crippen LogP contribution in [0, 0.1) is 17.0 Å². The molecule has 2 aromatic rings. The van der Waals surface area contributed by atoms with Crippen molar-refractivity contribution in [2.45, 2.75) is 0 Å². The van der Waals surface area contributed by atoms with E-state index in [1.54, 1.807) is 0 Å². The van der Waals surface area contributed by atoms with Crippen molar-refractivity contribution in [2.75, 3.05) is 0 Å². The van der Waals surface area contributed by atoms with Gasteiger partial charge in [0.25, 0.3) is 0 Å². The second-order valence-electron chi connectivity index (χ2n) is 3.74. The fourth-order valence-corrected chi connectivity index (χ4v) is 1.65. The highest BCUT2D eigenvalue weighted by Gasteiger charge is 2.10. The number of hydrogen-bond acceptors (Lipinski definition) is 2. The summed E-state index contributed by atoms with van der Waals surface area (Å²) < 4.78 is 31.4. The van der Waals surface area contributed by atoms with Crippen LogP contribution in [-0.4, -0.2) is 5.84 Å². The Hall–Kier alpha value is -2.14. The lowest BCUT2D eigenvalue weighted by Crippen LogP contribution is -2.10. The van der Waals surface area contributed by atoms with Crippen LogP contribution in [0.4, 0.5) is 8.78 Å². The van der Waals surface area contributed by atoms with E-state index in [-0.39, 0.29) is 22.4 Å². The molecule has 98 valence electrons. The maximum atomic E-state index is 13.4. The van der Waals surface area contributed by atoms with Crippen LogP contribution >= 0.6 is 11.6 Å². The SMILES string of the molecule is N=C(N)c1ccc(Oc2ccc(F)cc2F)c(Cl)c1. The maximum absolute atomic E-state index is 13.4. The summed E-state index contributed by atoms with van der Waals surface area (Å²) in [6.07, 6.45) is 0. The van der Waals surface area contributed by atoms with Crippen molar-refractivity contribution < 1.29 is 13.5 Å². The Balaban J connectivity index is 2.31. The lowest BCUT2D eigenvalue weighted by molar-refractivity contribution is 0.438. The molecule has 0 aromatic heterocycles. The van der Waals surface area contributed by atoms with Crippen molar-refractivity contribution in [3.05, 3.63) is 58.6 Å². The molecule has 0 atom stereocenters. The zero-order valence-corrected chi connectivity index (χ0v) is 10.3. The number of halogens is 3. The first-order valence-electron chi connectivity index (χ1n) is 5.24. The molecule has 0 amide bonds. The molecule has 0 aliphatic rings. The minimum absolute atomic E-state index is 0.138. The van der Waals surface area contributed by atoms with Gasteiger partial charge in [-0.1, -0.05) is 11.6 Å². The molecule has 0 aliphatic carbocycles. The van der Waals surface area contributed by atoms with Gasteiger partial charge in [-0.05, 0) is 30.3 Å². The number of hydrogen-bond donors (Lipinski definition) is 2. The molecule has 19 heavy (non-hydrogen) atoms. The number of nitrogen functional groups attached to an aromatic ring is 1. The molecular formula is C13H9ClF2N2O. The lowest BCUT2D eigenvalue weighted by Gasteiger charge is -2.09. The second-order valence-corrected chi connectivity index (χ2v) is 4.14. The van der Waals surface area contributed by atoms with Crippen LogP contribution < -0.4 is 10.5 Å². The Morgan fingerprint density at radius 1 is 1.11 bits per heavy atom. The third-order valence-electron chi connectivity index (χ3n) is 2.36. The van der Waals surface area contributed by atoms with Crippen molar-refractivity contribution in [1.29, 1.82) is 5.41 Å². The molecule has 3 N–H and O–H groups in total. The van der Waals surface area contributed by atoms with E-state index in [1.807, 2.05) is 0 Å². The molecule has 0 saturated heterocycles.